The van der Waals surface area contributed by atoms with E-state index in [0.717, 1.165) is 12.1 Å². The summed E-state index contributed by atoms with van der Waals surface area (Å²) in [7, 11) is 0. The number of alkyl halides is 3. The molecule has 0 aliphatic heterocycles. The Kier molecular flexibility index (Phi) is 4.75. The highest BCUT2D eigenvalue weighted by molar-refractivity contribution is 5.79. The maximum atomic E-state index is 12.2. The molecule has 0 heterocycles. The first kappa shape index (κ1) is 13.3. The third-order valence-corrected chi connectivity index (χ3v) is 1.93. The Hall–Kier alpha value is -1.78. The highest BCUT2D eigenvalue weighted by Gasteiger charge is 2.29. The van der Waals surface area contributed by atoms with Crippen LogP contribution in [-0.4, -0.2) is 12.8 Å². The van der Waals surface area contributed by atoms with Crippen molar-refractivity contribution in [2.45, 2.75) is 12.6 Å². The summed E-state index contributed by atoms with van der Waals surface area (Å²) in [5.74, 6) is 0. The van der Waals surface area contributed by atoms with Crippen molar-refractivity contribution in [3.8, 4) is 0 Å². The minimum Gasteiger partial charge on any atom is -0.395 e. The normalized spacial score (nSPS) is 11.7. The second kappa shape index (κ2) is 6.08. The van der Waals surface area contributed by atoms with Crippen molar-refractivity contribution in [3.05, 3.63) is 48.0 Å². The van der Waals surface area contributed by atoms with E-state index in [4.69, 9.17) is 4.84 Å². The second-order valence-corrected chi connectivity index (χ2v) is 3.26. The molecule has 5 heteroatoms. The first-order chi connectivity index (χ1) is 8.04. The molecule has 0 radical (unpaired) electrons. The summed E-state index contributed by atoms with van der Waals surface area (Å²) in [5.41, 5.74) is -0.126. The average molecular weight is 243 g/mol. The summed E-state index contributed by atoms with van der Waals surface area (Å²) in [6.07, 6.45) is -0.586. The van der Waals surface area contributed by atoms with Crippen LogP contribution in [0.15, 0.2) is 42.1 Å². The van der Waals surface area contributed by atoms with Gasteiger partial charge in [-0.25, -0.2) is 0 Å². The molecule has 92 valence electrons. The van der Waals surface area contributed by atoms with E-state index in [9.17, 15) is 13.2 Å². The summed E-state index contributed by atoms with van der Waals surface area (Å²) < 4.78 is 36.7. The molecule has 0 atom stereocenters. The topological polar surface area (TPSA) is 21.6 Å². The lowest BCUT2D eigenvalue weighted by Crippen LogP contribution is -2.04. The Balaban J connectivity index is 2.54. The number of oxime groups is 1. The molecule has 0 unspecified atom stereocenters. The lowest BCUT2D eigenvalue weighted by atomic mass is 10.1. The van der Waals surface area contributed by atoms with E-state index in [2.05, 4.69) is 11.7 Å². The molecule has 1 aromatic rings. The van der Waals surface area contributed by atoms with Crippen molar-refractivity contribution in [1.82, 2.24) is 0 Å². The van der Waals surface area contributed by atoms with E-state index < -0.39 is 11.7 Å². The minimum absolute atomic E-state index is 0.403. The molecule has 0 saturated heterocycles. The Morgan fingerprint density at radius 1 is 1.24 bits per heavy atom. The van der Waals surface area contributed by atoms with Gasteiger partial charge in [-0.2, -0.15) is 13.2 Å². The second-order valence-electron chi connectivity index (χ2n) is 3.26. The van der Waals surface area contributed by atoms with E-state index in [1.165, 1.54) is 18.3 Å². The Bertz CT molecular complexity index is 382. The first-order valence-corrected chi connectivity index (χ1v) is 4.97. The van der Waals surface area contributed by atoms with Crippen LogP contribution in [-0.2, 0) is 11.0 Å². The molecule has 0 saturated carbocycles. The summed E-state index contributed by atoms with van der Waals surface area (Å²) in [5, 5.41) is 3.62. The van der Waals surface area contributed by atoms with Gasteiger partial charge in [-0.3, -0.25) is 0 Å². The van der Waals surface area contributed by atoms with Crippen LogP contribution in [0.2, 0.25) is 0 Å². The lowest BCUT2D eigenvalue weighted by Gasteiger charge is -2.05. The van der Waals surface area contributed by atoms with Crippen LogP contribution < -0.4 is 0 Å². The van der Waals surface area contributed by atoms with E-state index in [-0.39, 0.29) is 0 Å². The number of halogens is 3. The Morgan fingerprint density at radius 3 is 2.41 bits per heavy atom. The van der Waals surface area contributed by atoms with Crippen molar-refractivity contribution < 1.29 is 18.0 Å². The van der Waals surface area contributed by atoms with Crippen LogP contribution in [0, 0.1) is 0 Å². The molecule has 0 fully saturated rings. The van der Waals surface area contributed by atoms with E-state index in [1.54, 1.807) is 6.08 Å². The monoisotopic (exact) mass is 243 g/mol. The fraction of sp³-hybridized carbons (Fsp3) is 0.250. The number of benzene rings is 1. The molecule has 0 N–H and O–H groups in total. The zero-order valence-corrected chi connectivity index (χ0v) is 9.07. The van der Waals surface area contributed by atoms with Crippen LogP contribution >= 0.6 is 0 Å². The predicted molar refractivity (Wildman–Crippen MR) is 59.8 cm³/mol. The van der Waals surface area contributed by atoms with Crippen LogP contribution in [0.1, 0.15) is 17.5 Å². The largest absolute Gasteiger partial charge is 0.416 e. The van der Waals surface area contributed by atoms with Gasteiger partial charge in [0, 0.05) is 6.42 Å². The Labute approximate surface area is 97.4 Å². The molecular weight excluding hydrogens is 231 g/mol. The smallest absolute Gasteiger partial charge is 0.395 e. The van der Waals surface area contributed by atoms with Crippen molar-refractivity contribution in [2.24, 2.45) is 5.16 Å². The van der Waals surface area contributed by atoms with Gasteiger partial charge in [-0.15, -0.1) is 6.58 Å². The zero-order chi connectivity index (χ0) is 12.7. The van der Waals surface area contributed by atoms with Gasteiger partial charge in [-0.1, -0.05) is 23.4 Å². The van der Waals surface area contributed by atoms with Gasteiger partial charge in [0.1, 0.15) is 6.61 Å². The molecule has 0 spiro atoms. The van der Waals surface area contributed by atoms with Gasteiger partial charge in [0.05, 0.1) is 11.8 Å². The van der Waals surface area contributed by atoms with Gasteiger partial charge in [0.25, 0.3) is 0 Å². The van der Waals surface area contributed by atoms with Crippen molar-refractivity contribution in [1.29, 1.82) is 0 Å². The standard InChI is InChI=1S/C12H12F3NO/c1-2-3-8-17-16-9-10-4-6-11(7-5-10)12(13,14)15/h2,4-7,9H,1,3,8H2. The lowest BCUT2D eigenvalue weighted by molar-refractivity contribution is -0.137. The van der Waals surface area contributed by atoms with Crippen LogP contribution in [0.5, 0.6) is 0 Å². The van der Waals surface area contributed by atoms with Gasteiger partial charge in [0.2, 0.25) is 0 Å². The number of nitrogens with zero attached hydrogens (tertiary/aromatic N) is 1. The third kappa shape index (κ3) is 4.72. The molecular formula is C12H12F3NO. The van der Waals surface area contributed by atoms with Crippen LogP contribution in [0.4, 0.5) is 13.2 Å². The maximum Gasteiger partial charge on any atom is 0.416 e. The number of hydrogen-bond donors (Lipinski definition) is 0. The van der Waals surface area contributed by atoms with Crippen molar-refractivity contribution in [3.63, 3.8) is 0 Å². The van der Waals surface area contributed by atoms with Crippen molar-refractivity contribution in [2.75, 3.05) is 6.61 Å². The molecule has 1 aromatic carbocycles. The van der Waals surface area contributed by atoms with E-state index >= 15 is 0 Å². The molecule has 0 aromatic heterocycles. The summed E-state index contributed by atoms with van der Waals surface area (Å²) in [6, 6.07) is 4.68. The highest BCUT2D eigenvalue weighted by atomic mass is 19.4. The maximum absolute atomic E-state index is 12.2. The molecule has 0 bridgehead atoms. The quantitative estimate of drug-likeness (QED) is 0.335. The summed E-state index contributed by atoms with van der Waals surface area (Å²) in [4.78, 5) is 4.85. The highest BCUT2D eigenvalue weighted by Crippen LogP contribution is 2.28. The van der Waals surface area contributed by atoms with Crippen LogP contribution in [0.3, 0.4) is 0 Å². The SMILES string of the molecule is C=CCCON=Cc1ccc(C(F)(F)F)cc1. The zero-order valence-electron chi connectivity index (χ0n) is 9.07. The fourth-order valence-electron chi connectivity index (χ4n) is 1.05. The van der Waals surface area contributed by atoms with E-state index in [1.807, 2.05) is 0 Å². The minimum atomic E-state index is -4.31. The van der Waals surface area contributed by atoms with Gasteiger partial charge in [-0.05, 0) is 17.7 Å². The molecule has 2 nitrogen and oxygen atoms in total. The summed E-state index contributed by atoms with van der Waals surface area (Å²) >= 11 is 0. The third-order valence-electron chi connectivity index (χ3n) is 1.93. The molecule has 0 aliphatic rings. The van der Waals surface area contributed by atoms with Gasteiger partial charge < -0.3 is 4.84 Å². The number of hydrogen-bond acceptors (Lipinski definition) is 2. The average Bonchev–Trinajstić information content (AvgIpc) is 2.28. The van der Waals surface area contributed by atoms with Gasteiger partial charge in [0.15, 0.2) is 0 Å². The Morgan fingerprint density at radius 2 is 1.88 bits per heavy atom. The molecule has 0 aliphatic carbocycles. The van der Waals surface area contributed by atoms with Gasteiger partial charge >= 0.3 is 6.18 Å². The summed E-state index contributed by atoms with van der Waals surface area (Å²) in [6.45, 7) is 3.91. The van der Waals surface area contributed by atoms with Crippen molar-refractivity contribution >= 4 is 6.21 Å². The van der Waals surface area contributed by atoms with Crippen LogP contribution in [0.25, 0.3) is 0 Å². The van der Waals surface area contributed by atoms with E-state index in [0.29, 0.717) is 18.6 Å². The predicted octanol–water partition coefficient (Wildman–Crippen LogP) is 3.63. The molecule has 1 rings (SSSR count). The molecule has 0 amide bonds. The first-order valence-electron chi connectivity index (χ1n) is 4.97. The fourth-order valence-corrected chi connectivity index (χ4v) is 1.05. The molecule has 17 heavy (non-hydrogen) atoms. The number of rotatable bonds is 5.